The van der Waals surface area contributed by atoms with Gasteiger partial charge in [0.2, 0.25) is 0 Å². The van der Waals surface area contributed by atoms with Crippen LogP contribution in [0.4, 0.5) is 5.69 Å². The molecule has 0 saturated heterocycles. The van der Waals surface area contributed by atoms with Gasteiger partial charge in [0.05, 0.1) is 17.9 Å². The molecule has 0 fully saturated rings. The van der Waals surface area contributed by atoms with Crippen LogP contribution in [0, 0.1) is 0 Å². The zero-order chi connectivity index (χ0) is 10.8. The number of allylic oxidation sites excluding steroid dienone is 1. The van der Waals surface area contributed by atoms with Crippen molar-refractivity contribution < 1.29 is 14.7 Å². The van der Waals surface area contributed by atoms with E-state index in [9.17, 15) is 4.79 Å². The fourth-order valence-corrected chi connectivity index (χ4v) is 1.51. The molecule has 0 atom stereocenters. The highest BCUT2D eigenvalue weighted by molar-refractivity contribution is 5.94. The molecule has 15 heavy (non-hydrogen) atoms. The van der Waals surface area contributed by atoms with Crippen LogP contribution in [-0.4, -0.2) is 17.7 Å². The molecule has 1 aromatic rings. The van der Waals surface area contributed by atoms with Gasteiger partial charge in [0.1, 0.15) is 0 Å². The van der Waals surface area contributed by atoms with Gasteiger partial charge in [-0.1, -0.05) is 12.1 Å². The topological polar surface area (TPSA) is 49.8 Å². The summed E-state index contributed by atoms with van der Waals surface area (Å²) < 4.78 is 0. The smallest absolute Gasteiger partial charge is 0.337 e. The summed E-state index contributed by atoms with van der Waals surface area (Å²) in [4.78, 5) is 16.3. The number of benzene rings is 1. The number of anilines is 1. The van der Waals surface area contributed by atoms with Crippen molar-refractivity contribution in [2.24, 2.45) is 0 Å². The fourth-order valence-electron chi connectivity index (χ4n) is 1.51. The lowest BCUT2D eigenvalue weighted by molar-refractivity contribution is 0.0694. The first kappa shape index (κ1) is 9.73. The molecule has 0 aromatic heterocycles. The van der Waals surface area contributed by atoms with Crippen LogP contribution in [0.15, 0.2) is 36.0 Å². The Hall–Kier alpha value is -1.81. The zero-order valence-electron chi connectivity index (χ0n) is 8.30. The molecule has 0 radical (unpaired) electrons. The van der Waals surface area contributed by atoms with E-state index in [4.69, 9.17) is 9.94 Å². The Kier molecular flexibility index (Phi) is 2.43. The Morgan fingerprint density at radius 3 is 2.80 bits per heavy atom. The molecule has 2 rings (SSSR count). The molecule has 1 N–H and O–H groups in total. The average molecular weight is 205 g/mol. The Morgan fingerprint density at radius 2 is 2.20 bits per heavy atom. The quantitative estimate of drug-likeness (QED) is 0.802. The molecule has 0 aliphatic carbocycles. The van der Waals surface area contributed by atoms with E-state index in [0.717, 1.165) is 5.70 Å². The summed E-state index contributed by atoms with van der Waals surface area (Å²) in [5.41, 5.74) is 1.71. The molecule has 1 aliphatic rings. The van der Waals surface area contributed by atoms with Gasteiger partial charge >= 0.3 is 5.97 Å². The van der Waals surface area contributed by atoms with Crippen LogP contribution < -0.4 is 5.06 Å². The highest BCUT2D eigenvalue weighted by Crippen LogP contribution is 2.26. The van der Waals surface area contributed by atoms with E-state index in [0.29, 0.717) is 12.3 Å². The molecular formula is C11H11NO3. The van der Waals surface area contributed by atoms with Gasteiger partial charge in [-0.2, -0.15) is 0 Å². The summed E-state index contributed by atoms with van der Waals surface area (Å²) in [5.74, 6) is -0.950. The number of carboxylic acid groups (broad SMARTS) is 1. The van der Waals surface area contributed by atoms with Crippen molar-refractivity contribution in [3.63, 3.8) is 0 Å². The number of aromatic carboxylic acids is 1. The van der Waals surface area contributed by atoms with Crippen molar-refractivity contribution in [3.05, 3.63) is 41.6 Å². The minimum absolute atomic E-state index is 0.243. The standard InChI is InChI=1S/C11H11NO3/c1-8-6-7-15-12(8)10-5-3-2-4-9(10)11(13)14/h2-6H,7H2,1H3,(H,13,14). The minimum Gasteiger partial charge on any atom is -0.478 e. The minimum atomic E-state index is -0.950. The number of rotatable bonds is 2. The van der Waals surface area contributed by atoms with Crippen molar-refractivity contribution in [2.45, 2.75) is 6.92 Å². The molecule has 78 valence electrons. The second-order valence-electron chi connectivity index (χ2n) is 3.26. The summed E-state index contributed by atoms with van der Waals surface area (Å²) in [7, 11) is 0. The van der Waals surface area contributed by atoms with Crippen LogP contribution in [0.25, 0.3) is 0 Å². The summed E-state index contributed by atoms with van der Waals surface area (Å²) in [5, 5.41) is 10.6. The molecule has 1 heterocycles. The van der Waals surface area contributed by atoms with Gasteiger partial charge in [-0.05, 0) is 25.1 Å². The summed E-state index contributed by atoms with van der Waals surface area (Å²) >= 11 is 0. The number of hydroxylamine groups is 1. The van der Waals surface area contributed by atoms with Gasteiger partial charge in [0.25, 0.3) is 0 Å². The van der Waals surface area contributed by atoms with Gasteiger partial charge in [0.15, 0.2) is 0 Å². The second-order valence-corrected chi connectivity index (χ2v) is 3.26. The van der Waals surface area contributed by atoms with Crippen molar-refractivity contribution >= 4 is 11.7 Å². The highest BCUT2D eigenvalue weighted by atomic mass is 16.7. The number of hydrogen-bond donors (Lipinski definition) is 1. The summed E-state index contributed by atoms with van der Waals surface area (Å²) in [6, 6.07) is 6.78. The summed E-state index contributed by atoms with van der Waals surface area (Å²) in [6.07, 6.45) is 1.90. The van der Waals surface area contributed by atoms with Gasteiger partial charge in [-0.25, -0.2) is 9.86 Å². The molecule has 0 saturated carbocycles. The first-order valence-electron chi connectivity index (χ1n) is 4.62. The lowest BCUT2D eigenvalue weighted by Gasteiger charge is -2.20. The molecule has 4 heteroatoms. The van der Waals surface area contributed by atoms with Gasteiger partial charge in [-0.3, -0.25) is 4.84 Å². The van der Waals surface area contributed by atoms with E-state index < -0.39 is 5.97 Å². The van der Waals surface area contributed by atoms with Gasteiger partial charge < -0.3 is 5.11 Å². The lowest BCUT2D eigenvalue weighted by Crippen LogP contribution is -2.18. The predicted octanol–water partition coefficient (Wildman–Crippen LogP) is 2.04. The number of nitrogens with zero attached hydrogens (tertiary/aromatic N) is 1. The van der Waals surface area contributed by atoms with Crippen LogP contribution in [-0.2, 0) is 4.84 Å². The third kappa shape index (κ3) is 1.71. The second kappa shape index (κ2) is 3.74. The Labute approximate surface area is 87.3 Å². The maximum Gasteiger partial charge on any atom is 0.337 e. The van der Waals surface area contributed by atoms with Crippen LogP contribution in [0.5, 0.6) is 0 Å². The molecule has 1 aliphatic heterocycles. The van der Waals surface area contributed by atoms with Crippen LogP contribution in [0.1, 0.15) is 17.3 Å². The highest BCUT2D eigenvalue weighted by Gasteiger charge is 2.20. The third-order valence-corrected chi connectivity index (χ3v) is 2.26. The van der Waals surface area contributed by atoms with Crippen molar-refractivity contribution in [1.82, 2.24) is 0 Å². The van der Waals surface area contributed by atoms with E-state index >= 15 is 0 Å². The first-order chi connectivity index (χ1) is 7.20. The van der Waals surface area contributed by atoms with E-state index in [1.807, 2.05) is 13.0 Å². The van der Waals surface area contributed by atoms with E-state index in [2.05, 4.69) is 0 Å². The number of para-hydroxylation sites is 1. The number of carboxylic acids is 1. The molecule has 0 unspecified atom stereocenters. The maximum atomic E-state index is 11.0. The normalized spacial score (nSPS) is 15.3. The molecular weight excluding hydrogens is 194 g/mol. The molecule has 0 amide bonds. The van der Waals surface area contributed by atoms with Crippen molar-refractivity contribution in [2.75, 3.05) is 11.7 Å². The number of hydrogen-bond acceptors (Lipinski definition) is 3. The maximum absolute atomic E-state index is 11.0. The van der Waals surface area contributed by atoms with Crippen molar-refractivity contribution in [1.29, 1.82) is 0 Å². The Bertz CT molecular complexity index is 426. The van der Waals surface area contributed by atoms with E-state index in [-0.39, 0.29) is 5.56 Å². The number of carbonyl (C=O) groups is 1. The fraction of sp³-hybridized carbons (Fsp3) is 0.182. The van der Waals surface area contributed by atoms with Crippen LogP contribution in [0.2, 0.25) is 0 Å². The predicted molar refractivity (Wildman–Crippen MR) is 55.6 cm³/mol. The third-order valence-electron chi connectivity index (χ3n) is 2.26. The Balaban J connectivity index is 2.43. The van der Waals surface area contributed by atoms with Crippen LogP contribution in [0.3, 0.4) is 0 Å². The molecule has 4 nitrogen and oxygen atoms in total. The molecule has 0 spiro atoms. The molecule has 0 bridgehead atoms. The average Bonchev–Trinajstić information content (AvgIpc) is 2.64. The monoisotopic (exact) mass is 205 g/mol. The van der Waals surface area contributed by atoms with Gasteiger partial charge in [0, 0.05) is 5.70 Å². The van der Waals surface area contributed by atoms with E-state index in [1.165, 1.54) is 0 Å². The summed E-state index contributed by atoms with van der Waals surface area (Å²) in [6.45, 7) is 2.37. The van der Waals surface area contributed by atoms with Crippen LogP contribution >= 0.6 is 0 Å². The zero-order valence-corrected chi connectivity index (χ0v) is 8.30. The Morgan fingerprint density at radius 1 is 1.47 bits per heavy atom. The van der Waals surface area contributed by atoms with Crippen molar-refractivity contribution in [3.8, 4) is 0 Å². The largest absolute Gasteiger partial charge is 0.478 e. The van der Waals surface area contributed by atoms with E-state index in [1.54, 1.807) is 29.3 Å². The SMILES string of the molecule is CC1=CCON1c1ccccc1C(=O)O. The van der Waals surface area contributed by atoms with Gasteiger partial charge in [-0.15, -0.1) is 0 Å². The lowest BCUT2D eigenvalue weighted by atomic mass is 10.1. The molecule has 1 aromatic carbocycles. The first-order valence-corrected chi connectivity index (χ1v) is 4.62.